The Kier molecular flexibility index (Phi) is 6.24. The second kappa shape index (κ2) is 7.95. The zero-order valence-electron chi connectivity index (χ0n) is 13.1. The Morgan fingerprint density at radius 3 is 2.55 bits per heavy atom. The van der Waals surface area contributed by atoms with Gasteiger partial charge in [0, 0.05) is 24.1 Å². The van der Waals surface area contributed by atoms with Gasteiger partial charge in [0.2, 0.25) is 5.91 Å². The van der Waals surface area contributed by atoms with Gasteiger partial charge < -0.3 is 15.8 Å². The number of hydrogen-bond donors (Lipinski definition) is 2. The summed E-state index contributed by atoms with van der Waals surface area (Å²) in [6.07, 6.45) is 5.78. The molecular weight excluding hydrogens is 300 g/mol. The van der Waals surface area contributed by atoms with Crippen molar-refractivity contribution in [2.24, 2.45) is 5.73 Å². The van der Waals surface area contributed by atoms with Crippen LogP contribution in [0.25, 0.3) is 0 Å². The largest absolute Gasteiger partial charge is 0.383 e. The molecule has 0 heterocycles. The maximum absolute atomic E-state index is 12.1. The molecule has 1 saturated carbocycles. The van der Waals surface area contributed by atoms with Crippen molar-refractivity contribution in [3.63, 3.8) is 0 Å². The summed E-state index contributed by atoms with van der Waals surface area (Å²) in [4.78, 5) is 12.1. The van der Waals surface area contributed by atoms with Crippen molar-refractivity contribution in [3.8, 4) is 0 Å². The van der Waals surface area contributed by atoms with Crippen LogP contribution in [0.5, 0.6) is 0 Å². The van der Waals surface area contributed by atoms with E-state index in [1.165, 1.54) is 24.8 Å². The Hall–Kier alpha value is -1.10. The van der Waals surface area contributed by atoms with Gasteiger partial charge in [-0.3, -0.25) is 4.79 Å². The Morgan fingerprint density at radius 2 is 1.95 bits per heavy atom. The zero-order chi connectivity index (χ0) is 16.0. The van der Waals surface area contributed by atoms with Gasteiger partial charge in [0.25, 0.3) is 0 Å². The minimum atomic E-state index is -0.615. The molecule has 4 nitrogen and oxygen atoms in total. The molecule has 1 fully saturated rings. The summed E-state index contributed by atoms with van der Waals surface area (Å²) in [5.41, 5.74) is 7.03. The molecule has 0 spiro atoms. The first-order valence-corrected chi connectivity index (χ1v) is 8.23. The van der Waals surface area contributed by atoms with Crippen molar-refractivity contribution in [2.75, 3.05) is 20.3 Å². The van der Waals surface area contributed by atoms with Gasteiger partial charge in [0.1, 0.15) is 6.04 Å². The minimum Gasteiger partial charge on any atom is -0.383 e. The summed E-state index contributed by atoms with van der Waals surface area (Å²) in [5.74, 6) is -0.152. The van der Waals surface area contributed by atoms with Gasteiger partial charge in [-0.2, -0.15) is 0 Å². The molecule has 0 saturated heterocycles. The zero-order valence-corrected chi connectivity index (χ0v) is 13.9. The Balaban J connectivity index is 2.09. The third-order valence-electron chi connectivity index (χ3n) is 4.55. The number of benzene rings is 1. The smallest absolute Gasteiger partial charge is 0.239 e. The van der Waals surface area contributed by atoms with Gasteiger partial charge in [0.05, 0.1) is 6.61 Å². The molecule has 122 valence electrons. The first-order valence-electron chi connectivity index (χ1n) is 7.86. The van der Waals surface area contributed by atoms with E-state index >= 15 is 0 Å². The molecule has 1 unspecified atom stereocenters. The van der Waals surface area contributed by atoms with Crippen LogP contribution < -0.4 is 11.1 Å². The molecule has 3 N–H and O–H groups in total. The van der Waals surface area contributed by atoms with Crippen LogP contribution in [0, 0.1) is 0 Å². The fraction of sp³-hybridized carbons (Fsp3) is 0.588. The van der Waals surface area contributed by atoms with E-state index in [-0.39, 0.29) is 17.9 Å². The van der Waals surface area contributed by atoms with Crippen LogP contribution >= 0.6 is 11.6 Å². The molecule has 5 heteroatoms. The Labute approximate surface area is 137 Å². The van der Waals surface area contributed by atoms with Crippen molar-refractivity contribution in [2.45, 2.75) is 43.6 Å². The molecule has 0 radical (unpaired) electrons. The van der Waals surface area contributed by atoms with E-state index in [1.54, 1.807) is 7.11 Å². The normalized spacial score (nSPS) is 18.7. The van der Waals surface area contributed by atoms with E-state index in [2.05, 4.69) is 17.4 Å². The highest BCUT2D eigenvalue weighted by atomic mass is 35.5. The number of nitrogens with two attached hydrogens (primary N) is 1. The molecule has 0 bridgehead atoms. The number of carbonyl (C=O) groups is 1. The van der Waals surface area contributed by atoms with E-state index in [0.717, 1.165) is 17.9 Å². The second-order valence-corrected chi connectivity index (χ2v) is 6.56. The van der Waals surface area contributed by atoms with Crippen LogP contribution in [-0.2, 0) is 14.9 Å². The second-order valence-electron chi connectivity index (χ2n) is 6.13. The summed E-state index contributed by atoms with van der Waals surface area (Å²) in [6, 6.07) is 7.39. The quantitative estimate of drug-likeness (QED) is 0.845. The van der Waals surface area contributed by atoms with Gasteiger partial charge in [-0.05, 0) is 30.5 Å². The van der Waals surface area contributed by atoms with E-state index in [1.807, 2.05) is 12.1 Å². The molecule has 1 amide bonds. The number of halogens is 1. The van der Waals surface area contributed by atoms with Crippen molar-refractivity contribution in [1.29, 1.82) is 0 Å². The summed E-state index contributed by atoms with van der Waals surface area (Å²) in [5, 5.41) is 3.75. The number of carbonyl (C=O) groups excluding carboxylic acids is 1. The van der Waals surface area contributed by atoms with Gasteiger partial charge in [-0.1, -0.05) is 43.0 Å². The van der Waals surface area contributed by atoms with Gasteiger partial charge in [0.15, 0.2) is 0 Å². The lowest BCUT2D eigenvalue weighted by atomic mass is 9.69. The number of rotatable bonds is 6. The highest BCUT2D eigenvalue weighted by Gasteiger charge is 2.34. The van der Waals surface area contributed by atoms with Gasteiger partial charge >= 0.3 is 0 Å². The lowest BCUT2D eigenvalue weighted by Crippen LogP contribution is -2.49. The third kappa shape index (κ3) is 4.22. The maximum atomic E-state index is 12.1. The number of nitrogens with one attached hydrogen (secondary N) is 1. The van der Waals surface area contributed by atoms with Crippen LogP contribution in [0.3, 0.4) is 0 Å². The first kappa shape index (κ1) is 17.3. The minimum absolute atomic E-state index is 0.00864. The van der Waals surface area contributed by atoms with Crippen molar-refractivity contribution >= 4 is 17.5 Å². The topological polar surface area (TPSA) is 64.3 Å². The molecule has 0 aliphatic heterocycles. The number of amides is 1. The number of hydrogen-bond acceptors (Lipinski definition) is 3. The monoisotopic (exact) mass is 324 g/mol. The molecule has 2 rings (SSSR count). The van der Waals surface area contributed by atoms with E-state index < -0.39 is 6.04 Å². The fourth-order valence-electron chi connectivity index (χ4n) is 3.24. The van der Waals surface area contributed by atoms with E-state index in [9.17, 15) is 4.79 Å². The summed E-state index contributed by atoms with van der Waals surface area (Å²) >= 11 is 6.00. The maximum Gasteiger partial charge on any atom is 0.239 e. The molecule has 1 aromatic rings. The molecule has 1 aliphatic carbocycles. The standard InChI is InChI=1S/C17H25ClN2O2/c1-22-11-15(19)16(21)20-12-17(9-3-2-4-10-17)13-5-7-14(18)8-6-13/h5-8,15H,2-4,9-12,19H2,1H3,(H,20,21). The van der Waals surface area contributed by atoms with Crippen LogP contribution in [0.1, 0.15) is 37.7 Å². The van der Waals surface area contributed by atoms with Gasteiger partial charge in [-0.25, -0.2) is 0 Å². The van der Waals surface area contributed by atoms with Crippen LogP contribution in [0.2, 0.25) is 5.02 Å². The first-order chi connectivity index (χ1) is 10.6. The van der Waals surface area contributed by atoms with Crippen molar-refractivity contribution < 1.29 is 9.53 Å². The lowest BCUT2D eigenvalue weighted by molar-refractivity contribution is -0.123. The fourth-order valence-corrected chi connectivity index (χ4v) is 3.37. The third-order valence-corrected chi connectivity index (χ3v) is 4.80. The van der Waals surface area contributed by atoms with E-state index in [4.69, 9.17) is 22.1 Å². The summed E-state index contributed by atoms with van der Waals surface area (Å²) in [7, 11) is 1.55. The van der Waals surface area contributed by atoms with Crippen LogP contribution in [0.15, 0.2) is 24.3 Å². The van der Waals surface area contributed by atoms with Crippen molar-refractivity contribution in [3.05, 3.63) is 34.9 Å². The van der Waals surface area contributed by atoms with E-state index in [0.29, 0.717) is 6.54 Å². The highest BCUT2D eigenvalue weighted by molar-refractivity contribution is 6.30. The molecule has 22 heavy (non-hydrogen) atoms. The Morgan fingerprint density at radius 1 is 1.32 bits per heavy atom. The molecular formula is C17H25ClN2O2. The molecule has 1 aromatic carbocycles. The average molecular weight is 325 g/mol. The lowest BCUT2D eigenvalue weighted by Gasteiger charge is -2.38. The van der Waals surface area contributed by atoms with Crippen LogP contribution in [0.4, 0.5) is 0 Å². The summed E-state index contributed by atoms with van der Waals surface area (Å²) < 4.78 is 4.94. The average Bonchev–Trinajstić information content (AvgIpc) is 2.54. The molecule has 0 aromatic heterocycles. The van der Waals surface area contributed by atoms with Crippen molar-refractivity contribution in [1.82, 2.24) is 5.32 Å². The van der Waals surface area contributed by atoms with Crippen LogP contribution in [-0.4, -0.2) is 32.2 Å². The molecule has 1 atom stereocenters. The number of ether oxygens (including phenoxy) is 1. The van der Waals surface area contributed by atoms with Gasteiger partial charge in [-0.15, -0.1) is 0 Å². The number of methoxy groups -OCH3 is 1. The summed E-state index contributed by atoms with van der Waals surface area (Å²) in [6.45, 7) is 0.852. The Bertz CT molecular complexity index is 484. The predicted octanol–water partition coefficient (Wildman–Crippen LogP) is 2.63. The SMILES string of the molecule is COCC(N)C(=O)NCC1(c2ccc(Cl)cc2)CCCCC1. The predicted molar refractivity (Wildman–Crippen MR) is 89.1 cm³/mol. The molecule has 1 aliphatic rings. The highest BCUT2D eigenvalue weighted by Crippen LogP contribution is 2.39.